The first-order valence-corrected chi connectivity index (χ1v) is 7.01. The lowest BCUT2D eigenvalue weighted by Gasteiger charge is -2.44. The summed E-state index contributed by atoms with van der Waals surface area (Å²) in [5, 5.41) is 0. The summed E-state index contributed by atoms with van der Waals surface area (Å²) in [5.74, 6) is 0.777. The van der Waals surface area contributed by atoms with Crippen molar-refractivity contribution in [2.24, 2.45) is 11.3 Å². The average molecular weight is 301 g/mol. The molecular formula is C14H18F3N3O. The molecule has 1 aromatic rings. The van der Waals surface area contributed by atoms with Crippen molar-refractivity contribution in [3.8, 4) is 0 Å². The zero-order chi connectivity index (χ0) is 15.3. The van der Waals surface area contributed by atoms with E-state index in [0.29, 0.717) is 24.6 Å². The summed E-state index contributed by atoms with van der Waals surface area (Å²) in [7, 11) is 1.54. The van der Waals surface area contributed by atoms with Crippen LogP contribution < -0.4 is 4.90 Å². The van der Waals surface area contributed by atoms with E-state index >= 15 is 0 Å². The number of fused-ring (bicyclic) bond motifs is 1. The van der Waals surface area contributed by atoms with E-state index < -0.39 is 11.6 Å². The Bertz CT molecular complexity index is 549. The average Bonchev–Trinajstić information content (AvgIpc) is 2.61. The van der Waals surface area contributed by atoms with Crippen molar-refractivity contribution in [3.63, 3.8) is 0 Å². The zero-order valence-electron chi connectivity index (χ0n) is 12.1. The first-order chi connectivity index (χ1) is 9.85. The molecule has 1 aromatic heterocycles. The fourth-order valence-electron chi connectivity index (χ4n) is 3.45. The Balaban J connectivity index is 1.86. The highest BCUT2D eigenvalue weighted by Crippen LogP contribution is 2.60. The maximum atomic E-state index is 13.3. The zero-order valence-corrected chi connectivity index (χ0v) is 12.1. The van der Waals surface area contributed by atoms with Gasteiger partial charge in [-0.15, -0.1) is 0 Å². The van der Waals surface area contributed by atoms with E-state index in [1.54, 1.807) is 18.1 Å². The maximum Gasteiger partial charge on any atom is 0.396 e. The van der Waals surface area contributed by atoms with Gasteiger partial charge >= 0.3 is 6.18 Å². The molecular weight excluding hydrogens is 283 g/mol. The van der Waals surface area contributed by atoms with Crippen LogP contribution in [0.4, 0.5) is 19.0 Å². The van der Waals surface area contributed by atoms with Gasteiger partial charge in [-0.3, -0.25) is 0 Å². The molecule has 21 heavy (non-hydrogen) atoms. The number of ether oxygens (including phenoxy) is 1. The van der Waals surface area contributed by atoms with Crippen LogP contribution in [0.2, 0.25) is 0 Å². The highest BCUT2D eigenvalue weighted by molar-refractivity contribution is 5.43. The third-order valence-electron chi connectivity index (χ3n) is 4.68. The van der Waals surface area contributed by atoms with Gasteiger partial charge in [0.2, 0.25) is 0 Å². The number of hydrogen-bond acceptors (Lipinski definition) is 4. The molecule has 2 aliphatic rings. The van der Waals surface area contributed by atoms with Crippen LogP contribution in [0, 0.1) is 18.3 Å². The maximum absolute atomic E-state index is 13.3. The minimum absolute atomic E-state index is 0.00401. The van der Waals surface area contributed by atoms with Gasteiger partial charge in [-0.25, -0.2) is 9.97 Å². The van der Waals surface area contributed by atoms with Crippen molar-refractivity contribution in [2.45, 2.75) is 32.5 Å². The number of nitrogens with zero attached hydrogens (tertiary/aromatic N) is 3. The molecule has 1 aliphatic heterocycles. The quantitative estimate of drug-likeness (QED) is 0.860. The predicted molar refractivity (Wildman–Crippen MR) is 70.9 cm³/mol. The second-order valence-corrected chi connectivity index (χ2v) is 5.99. The van der Waals surface area contributed by atoms with E-state index in [9.17, 15) is 13.2 Å². The summed E-state index contributed by atoms with van der Waals surface area (Å²) >= 11 is 0. The number of halogens is 3. The molecule has 0 N–H and O–H groups in total. The Morgan fingerprint density at radius 3 is 2.71 bits per heavy atom. The molecule has 3 rings (SSSR count). The normalized spacial score (nSPS) is 28.4. The third-order valence-corrected chi connectivity index (χ3v) is 4.68. The third kappa shape index (κ3) is 2.27. The lowest BCUT2D eigenvalue weighted by atomic mass is 9.61. The number of aryl methyl sites for hydroxylation is 1. The number of methoxy groups -OCH3 is 1. The first kappa shape index (κ1) is 14.6. The Morgan fingerprint density at radius 1 is 1.43 bits per heavy atom. The highest BCUT2D eigenvalue weighted by atomic mass is 19.4. The summed E-state index contributed by atoms with van der Waals surface area (Å²) in [6, 6.07) is 1.74. The minimum Gasteiger partial charge on any atom is -0.377 e. The number of aromatic nitrogens is 2. The Kier molecular flexibility index (Phi) is 3.35. The van der Waals surface area contributed by atoms with Crippen molar-refractivity contribution in [1.82, 2.24) is 9.97 Å². The number of alkyl halides is 3. The molecule has 0 radical (unpaired) electrons. The van der Waals surface area contributed by atoms with Crippen molar-refractivity contribution in [2.75, 3.05) is 25.1 Å². The van der Waals surface area contributed by atoms with E-state index in [1.165, 1.54) is 0 Å². The fraction of sp³-hybridized carbons (Fsp3) is 0.714. The van der Waals surface area contributed by atoms with Gasteiger partial charge in [0.25, 0.3) is 0 Å². The van der Waals surface area contributed by atoms with Crippen molar-refractivity contribution in [3.05, 3.63) is 17.6 Å². The van der Waals surface area contributed by atoms with Gasteiger partial charge in [0.1, 0.15) is 12.4 Å². The molecule has 116 valence electrons. The monoisotopic (exact) mass is 301 g/mol. The summed E-state index contributed by atoms with van der Waals surface area (Å²) in [6.07, 6.45) is -3.26. The van der Waals surface area contributed by atoms with Crippen LogP contribution in [0.3, 0.4) is 0 Å². The summed E-state index contributed by atoms with van der Waals surface area (Å²) in [5.41, 5.74) is -0.792. The molecule has 0 bridgehead atoms. The fourth-order valence-corrected chi connectivity index (χ4v) is 3.45. The van der Waals surface area contributed by atoms with E-state index in [2.05, 4.69) is 9.97 Å². The Morgan fingerprint density at radius 2 is 2.19 bits per heavy atom. The van der Waals surface area contributed by atoms with Crippen molar-refractivity contribution in [1.29, 1.82) is 0 Å². The lowest BCUT2D eigenvalue weighted by Crippen LogP contribution is -2.51. The number of rotatable bonds is 3. The van der Waals surface area contributed by atoms with Crippen LogP contribution in [0.15, 0.2) is 6.07 Å². The van der Waals surface area contributed by atoms with Crippen LogP contribution in [0.5, 0.6) is 0 Å². The minimum atomic E-state index is -4.14. The molecule has 4 nitrogen and oxygen atoms in total. The van der Waals surface area contributed by atoms with Gasteiger partial charge in [0.05, 0.1) is 5.41 Å². The Hall–Kier alpha value is -1.37. The molecule has 2 heterocycles. The predicted octanol–water partition coefficient (Wildman–Crippen LogP) is 2.71. The second-order valence-electron chi connectivity index (χ2n) is 5.99. The van der Waals surface area contributed by atoms with E-state index in [4.69, 9.17) is 4.74 Å². The van der Waals surface area contributed by atoms with Gasteiger partial charge in [-0.1, -0.05) is 0 Å². The topological polar surface area (TPSA) is 38.2 Å². The number of hydrogen-bond donors (Lipinski definition) is 0. The van der Waals surface area contributed by atoms with E-state index in [0.717, 1.165) is 5.69 Å². The SMILES string of the molecule is COCc1nc(C)cc(N2C[C@@H]3CC[C@]3(C(F)(F)F)C2)n1. The van der Waals surface area contributed by atoms with Crippen molar-refractivity contribution >= 4 is 5.82 Å². The number of anilines is 1. The van der Waals surface area contributed by atoms with Gasteiger partial charge in [0, 0.05) is 32.0 Å². The van der Waals surface area contributed by atoms with Gasteiger partial charge < -0.3 is 9.64 Å². The molecule has 7 heteroatoms. The molecule has 1 aliphatic carbocycles. The molecule has 1 saturated carbocycles. The molecule has 1 saturated heterocycles. The van der Waals surface area contributed by atoms with Crippen LogP contribution >= 0.6 is 0 Å². The van der Waals surface area contributed by atoms with Crippen LogP contribution in [0.1, 0.15) is 24.4 Å². The first-order valence-electron chi connectivity index (χ1n) is 7.01. The molecule has 2 atom stereocenters. The highest BCUT2D eigenvalue weighted by Gasteiger charge is 2.67. The molecule has 0 aromatic carbocycles. The molecule has 0 unspecified atom stereocenters. The Labute approximate surface area is 121 Å². The summed E-state index contributed by atoms with van der Waals surface area (Å²) < 4.78 is 45.0. The van der Waals surface area contributed by atoms with Crippen LogP contribution in [-0.4, -0.2) is 36.3 Å². The molecule has 0 amide bonds. The summed E-state index contributed by atoms with van der Waals surface area (Å²) in [4.78, 5) is 10.3. The van der Waals surface area contributed by atoms with E-state index in [1.807, 2.05) is 6.92 Å². The molecule has 2 fully saturated rings. The van der Waals surface area contributed by atoms with Crippen LogP contribution in [0.25, 0.3) is 0 Å². The lowest BCUT2D eigenvalue weighted by molar-refractivity contribution is -0.258. The van der Waals surface area contributed by atoms with E-state index in [-0.39, 0.29) is 25.5 Å². The van der Waals surface area contributed by atoms with Gasteiger partial charge in [0.15, 0.2) is 5.82 Å². The van der Waals surface area contributed by atoms with Gasteiger partial charge in [-0.2, -0.15) is 13.2 Å². The van der Waals surface area contributed by atoms with Gasteiger partial charge in [-0.05, 0) is 25.7 Å². The largest absolute Gasteiger partial charge is 0.396 e. The van der Waals surface area contributed by atoms with Crippen molar-refractivity contribution < 1.29 is 17.9 Å². The summed E-state index contributed by atoms with van der Waals surface area (Å²) in [6.45, 7) is 2.50. The van der Waals surface area contributed by atoms with Crippen LogP contribution in [-0.2, 0) is 11.3 Å². The molecule has 0 spiro atoms. The standard InChI is InChI=1S/C14H18F3N3O/c1-9-5-12(19-11(18-9)7-21-2)20-6-10-3-4-13(10,8-20)14(15,16)17/h5,10H,3-4,6-8H2,1-2H3/t10-,13-/m0/s1. The smallest absolute Gasteiger partial charge is 0.377 e. The second kappa shape index (κ2) is 4.83.